The van der Waals surface area contributed by atoms with Crippen LogP contribution in [0.5, 0.6) is 0 Å². The molecule has 90 valence electrons. The molecule has 0 heterocycles. The highest BCUT2D eigenvalue weighted by molar-refractivity contribution is 6.33. The molecule has 0 fully saturated rings. The van der Waals surface area contributed by atoms with Crippen LogP contribution in [0.1, 0.15) is 23.7 Å². The van der Waals surface area contributed by atoms with Gasteiger partial charge in [0.1, 0.15) is 5.82 Å². The van der Waals surface area contributed by atoms with Crippen molar-refractivity contribution in [2.24, 2.45) is 0 Å². The third kappa shape index (κ3) is 3.43. The van der Waals surface area contributed by atoms with Crippen LogP contribution in [0.15, 0.2) is 18.2 Å². The molecule has 0 N–H and O–H groups in total. The van der Waals surface area contributed by atoms with Crippen LogP contribution in [-0.2, 0) is 0 Å². The number of nitriles is 1. The number of carbonyl (C=O) groups is 1. The first-order valence-electron chi connectivity index (χ1n) is 5.21. The van der Waals surface area contributed by atoms with Gasteiger partial charge in [-0.25, -0.2) is 4.39 Å². The molecule has 0 aromatic heterocycles. The lowest BCUT2D eigenvalue weighted by molar-refractivity contribution is 0.0768. The molecule has 0 aliphatic carbocycles. The Labute approximate surface area is 104 Å². The Morgan fingerprint density at radius 2 is 2.29 bits per heavy atom. The predicted octanol–water partition coefficient (Wildman–Crippen LogP) is 2.85. The van der Waals surface area contributed by atoms with E-state index in [0.717, 1.165) is 6.07 Å². The van der Waals surface area contributed by atoms with Crippen molar-refractivity contribution in [3.63, 3.8) is 0 Å². The van der Waals surface area contributed by atoms with E-state index in [4.69, 9.17) is 16.9 Å². The van der Waals surface area contributed by atoms with Crippen LogP contribution in [0.4, 0.5) is 4.39 Å². The van der Waals surface area contributed by atoms with E-state index in [1.807, 2.05) is 13.0 Å². The molecule has 1 aromatic carbocycles. The largest absolute Gasteiger partial charge is 0.338 e. The van der Waals surface area contributed by atoms with Gasteiger partial charge in [-0.3, -0.25) is 4.79 Å². The summed E-state index contributed by atoms with van der Waals surface area (Å²) in [6.07, 6.45) is 0.262. The van der Waals surface area contributed by atoms with Gasteiger partial charge in [0.15, 0.2) is 0 Å². The Bertz CT molecular complexity index is 456. The SMILES string of the molecule is CCN(CCC#N)C(=O)c1ccc(F)cc1Cl. The van der Waals surface area contributed by atoms with Gasteiger partial charge >= 0.3 is 0 Å². The number of halogens is 2. The van der Waals surface area contributed by atoms with Gasteiger partial charge in [-0.2, -0.15) is 5.26 Å². The number of hydrogen-bond acceptors (Lipinski definition) is 2. The van der Waals surface area contributed by atoms with Crippen molar-refractivity contribution in [2.75, 3.05) is 13.1 Å². The number of carbonyl (C=O) groups excluding carboxylic acids is 1. The highest BCUT2D eigenvalue weighted by Crippen LogP contribution is 2.19. The van der Waals surface area contributed by atoms with Crippen molar-refractivity contribution in [1.29, 1.82) is 5.26 Å². The van der Waals surface area contributed by atoms with E-state index in [1.165, 1.54) is 17.0 Å². The van der Waals surface area contributed by atoms with E-state index in [-0.39, 0.29) is 22.9 Å². The Morgan fingerprint density at radius 3 is 2.82 bits per heavy atom. The minimum absolute atomic E-state index is 0.0883. The van der Waals surface area contributed by atoms with Gasteiger partial charge in [-0.05, 0) is 25.1 Å². The zero-order valence-corrected chi connectivity index (χ0v) is 10.2. The van der Waals surface area contributed by atoms with E-state index in [9.17, 15) is 9.18 Å². The molecule has 1 amide bonds. The molecule has 0 unspecified atom stereocenters. The standard InChI is InChI=1S/C12H12ClFN2O/c1-2-16(7-3-6-15)12(17)10-5-4-9(14)8-11(10)13/h4-5,8H,2-3,7H2,1H3. The number of rotatable bonds is 4. The number of hydrogen-bond donors (Lipinski definition) is 0. The summed E-state index contributed by atoms with van der Waals surface area (Å²) < 4.78 is 12.8. The smallest absolute Gasteiger partial charge is 0.255 e. The fourth-order valence-electron chi connectivity index (χ4n) is 1.42. The van der Waals surface area contributed by atoms with E-state index >= 15 is 0 Å². The predicted molar refractivity (Wildman–Crippen MR) is 63.2 cm³/mol. The second-order valence-corrected chi connectivity index (χ2v) is 3.82. The molecule has 0 bridgehead atoms. The summed E-state index contributed by atoms with van der Waals surface area (Å²) in [4.78, 5) is 13.5. The molecule has 1 rings (SSSR count). The molecule has 0 spiro atoms. The fourth-order valence-corrected chi connectivity index (χ4v) is 1.67. The average molecular weight is 255 g/mol. The molecule has 0 radical (unpaired) electrons. The maximum atomic E-state index is 12.8. The Balaban J connectivity index is 2.90. The topological polar surface area (TPSA) is 44.1 Å². The van der Waals surface area contributed by atoms with Gasteiger partial charge in [0.25, 0.3) is 5.91 Å². The molecule has 0 saturated heterocycles. The van der Waals surface area contributed by atoms with E-state index in [1.54, 1.807) is 0 Å². The van der Waals surface area contributed by atoms with E-state index < -0.39 is 5.82 Å². The zero-order chi connectivity index (χ0) is 12.8. The van der Waals surface area contributed by atoms with Crippen LogP contribution in [-0.4, -0.2) is 23.9 Å². The first kappa shape index (κ1) is 13.5. The molecular formula is C12H12ClFN2O. The Kier molecular flexibility index (Phi) is 4.92. The van der Waals surface area contributed by atoms with Crippen molar-refractivity contribution >= 4 is 17.5 Å². The lowest BCUT2D eigenvalue weighted by Gasteiger charge is -2.20. The van der Waals surface area contributed by atoms with Crippen LogP contribution in [0, 0.1) is 17.1 Å². The molecule has 0 aliphatic heterocycles. The molecule has 1 aromatic rings. The normalized spacial score (nSPS) is 9.76. The lowest BCUT2D eigenvalue weighted by Crippen LogP contribution is -2.31. The summed E-state index contributed by atoms with van der Waals surface area (Å²) in [5.74, 6) is -0.764. The Morgan fingerprint density at radius 1 is 1.59 bits per heavy atom. The van der Waals surface area contributed by atoms with Crippen LogP contribution in [0.3, 0.4) is 0 Å². The summed E-state index contributed by atoms with van der Waals surface area (Å²) in [6, 6.07) is 5.63. The maximum Gasteiger partial charge on any atom is 0.255 e. The second-order valence-electron chi connectivity index (χ2n) is 3.42. The summed E-state index contributed by atoms with van der Waals surface area (Å²) in [7, 11) is 0. The molecule has 17 heavy (non-hydrogen) atoms. The second kappa shape index (κ2) is 6.21. The quantitative estimate of drug-likeness (QED) is 0.829. The lowest BCUT2D eigenvalue weighted by atomic mass is 10.2. The summed E-state index contributed by atoms with van der Waals surface area (Å²) in [5.41, 5.74) is 0.257. The van der Waals surface area contributed by atoms with Crippen molar-refractivity contribution in [3.05, 3.63) is 34.6 Å². The van der Waals surface area contributed by atoms with Crippen LogP contribution < -0.4 is 0 Å². The highest BCUT2D eigenvalue weighted by Gasteiger charge is 2.16. The molecule has 3 nitrogen and oxygen atoms in total. The van der Waals surface area contributed by atoms with Gasteiger partial charge in [0.05, 0.1) is 23.1 Å². The molecule has 0 saturated carbocycles. The Hall–Kier alpha value is -1.60. The third-order valence-electron chi connectivity index (χ3n) is 2.32. The van der Waals surface area contributed by atoms with Crippen LogP contribution in [0.2, 0.25) is 5.02 Å². The zero-order valence-electron chi connectivity index (χ0n) is 9.41. The van der Waals surface area contributed by atoms with Gasteiger partial charge in [0.2, 0.25) is 0 Å². The molecule has 0 aliphatic rings. The third-order valence-corrected chi connectivity index (χ3v) is 2.64. The number of amides is 1. The van der Waals surface area contributed by atoms with Gasteiger partial charge < -0.3 is 4.90 Å². The molecular weight excluding hydrogens is 243 g/mol. The number of nitrogens with zero attached hydrogens (tertiary/aromatic N) is 2. The minimum Gasteiger partial charge on any atom is -0.338 e. The van der Waals surface area contributed by atoms with Gasteiger partial charge in [-0.1, -0.05) is 11.6 Å². The van der Waals surface area contributed by atoms with Crippen molar-refractivity contribution in [2.45, 2.75) is 13.3 Å². The van der Waals surface area contributed by atoms with Crippen LogP contribution >= 0.6 is 11.6 Å². The summed E-state index contributed by atoms with van der Waals surface area (Å²) >= 11 is 5.81. The monoisotopic (exact) mass is 254 g/mol. The first-order valence-corrected chi connectivity index (χ1v) is 5.59. The van der Waals surface area contributed by atoms with Crippen molar-refractivity contribution in [3.8, 4) is 6.07 Å². The summed E-state index contributed by atoms with van der Waals surface area (Å²) in [6.45, 7) is 2.64. The van der Waals surface area contributed by atoms with Crippen molar-refractivity contribution < 1.29 is 9.18 Å². The van der Waals surface area contributed by atoms with Gasteiger partial charge in [-0.15, -0.1) is 0 Å². The van der Waals surface area contributed by atoms with E-state index in [0.29, 0.717) is 13.1 Å². The summed E-state index contributed by atoms with van der Waals surface area (Å²) in [5, 5.41) is 8.58. The first-order chi connectivity index (χ1) is 8.10. The van der Waals surface area contributed by atoms with Gasteiger partial charge in [0, 0.05) is 13.1 Å². The highest BCUT2D eigenvalue weighted by atomic mass is 35.5. The van der Waals surface area contributed by atoms with Crippen molar-refractivity contribution in [1.82, 2.24) is 4.90 Å². The molecule has 0 atom stereocenters. The average Bonchev–Trinajstić information content (AvgIpc) is 2.29. The van der Waals surface area contributed by atoms with E-state index in [2.05, 4.69) is 0 Å². The molecule has 5 heteroatoms. The number of benzene rings is 1. The van der Waals surface area contributed by atoms with Crippen LogP contribution in [0.25, 0.3) is 0 Å². The fraction of sp³-hybridized carbons (Fsp3) is 0.333. The maximum absolute atomic E-state index is 12.8. The minimum atomic E-state index is -0.480.